The number of thiocarbonyl (C=S) groups is 1. The fourth-order valence-electron chi connectivity index (χ4n) is 3.26. The van der Waals surface area contributed by atoms with Crippen molar-refractivity contribution in [2.24, 2.45) is 0 Å². The molecule has 28 heavy (non-hydrogen) atoms. The van der Waals surface area contributed by atoms with Gasteiger partial charge in [-0.1, -0.05) is 23.7 Å². The van der Waals surface area contributed by atoms with E-state index in [0.29, 0.717) is 15.7 Å². The summed E-state index contributed by atoms with van der Waals surface area (Å²) in [5, 5.41) is 9.08. The van der Waals surface area contributed by atoms with Gasteiger partial charge in [0.2, 0.25) is 0 Å². The Morgan fingerprint density at radius 2 is 1.82 bits per heavy atom. The monoisotopic (exact) mass is 427 g/mol. The third kappa shape index (κ3) is 4.41. The Morgan fingerprint density at radius 3 is 2.61 bits per heavy atom. The molecule has 0 aliphatic heterocycles. The Bertz CT molecular complexity index is 1030. The Hall–Kier alpha value is -2.28. The van der Waals surface area contributed by atoms with Crippen molar-refractivity contribution in [1.29, 1.82) is 0 Å². The number of halogens is 1. The van der Waals surface area contributed by atoms with Crippen LogP contribution in [-0.2, 0) is 12.8 Å². The number of carbonyl (C=O) groups excluding carboxylic acids is 1. The second kappa shape index (κ2) is 8.39. The molecule has 0 spiro atoms. The molecule has 1 heterocycles. The number of amides is 1. The van der Waals surface area contributed by atoms with Crippen LogP contribution in [0.1, 0.15) is 34.3 Å². The number of fused-ring (bicyclic) bond motifs is 1. The summed E-state index contributed by atoms with van der Waals surface area (Å²) in [6.45, 7) is 0. The van der Waals surface area contributed by atoms with E-state index in [-0.39, 0.29) is 11.0 Å². The molecular weight excluding hydrogens is 410 g/mol. The molecule has 0 radical (unpaired) electrons. The second-order valence-electron chi connectivity index (χ2n) is 6.64. The summed E-state index contributed by atoms with van der Waals surface area (Å²) in [5.74, 6) is -0.291. The highest BCUT2D eigenvalue weighted by Crippen LogP contribution is 2.29. The lowest BCUT2D eigenvalue weighted by Crippen LogP contribution is -2.34. The quantitative estimate of drug-likeness (QED) is 0.544. The fourth-order valence-corrected chi connectivity index (χ4v) is 4.37. The van der Waals surface area contributed by atoms with Crippen LogP contribution < -0.4 is 10.6 Å². The van der Waals surface area contributed by atoms with Gasteiger partial charge in [-0.3, -0.25) is 10.1 Å². The molecule has 0 unspecified atom stereocenters. The van der Waals surface area contributed by atoms with Gasteiger partial charge in [0.05, 0.1) is 5.69 Å². The zero-order chi connectivity index (χ0) is 19.5. The van der Waals surface area contributed by atoms with E-state index >= 15 is 0 Å². The lowest BCUT2D eigenvalue weighted by Gasteiger charge is -2.16. The maximum Gasteiger partial charge on any atom is 0.257 e. The first kappa shape index (κ1) is 19.1. The van der Waals surface area contributed by atoms with Crippen molar-refractivity contribution in [3.63, 3.8) is 0 Å². The van der Waals surface area contributed by atoms with Crippen molar-refractivity contribution >= 4 is 51.3 Å². The molecule has 142 valence electrons. The van der Waals surface area contributed by atoms with Crippen molar-refractivity contribution < 1.29 is 4.79 Å². The lowest BCUT2D eigenvalue weighted by molar-refractivity contribution is 0.0978. The molecule has 1 aliphatic carbocycles. The van der Waals surface area contributed by atoms with Gasteiger partial charge >= 0.3 is 0 Å². The maximum absolute atomic E-state index is 12.2. The second-order valence-corrected chi connectivity index (χ2v) is 8.35. The molecule has 0 fully saturated rings. The van der Waals surface area contributed by atoms with E-state index in [4.69, 9.17) is 23.8 Å². The van der Waals surface area contributed by atoms with Crippen LogP contribution in [0.25, 0.3) is 11.3 Å². The number of aryl methyl sites for hydroxylation is 2. The highest BCUT2D eigenvalue weighted by molar-refractivity contribution is 7.80. The Balaban J connectivity index is 1.41. The standard InChI is InChI=1S/C21H18ClN3OS2/c22-17-9-7-14(8-10-17)19(26)24-20(27)25-21-23-18(12-28-21)16-6-5-13-3-1-2-4-15(13)11-16/h5-12H,1-4H2,(H2,23,24,25,26,27). The number of benzene rings is 2. The van der Waals surface area contributed by atoms with Crippen LogP contribution >= 0.6 is 35.2 Å². The molecule has 1 aromatic heterocycles. The van der Waals surface area contributed by atoms with E-state index in [1.54, 1.807) is 24.3 Å². The van der Waals surface area contributed by atoms with Crippen LogP contribution in [0.4, 0.5) is 5.13 Å². The van der Waals surface area contributed by atoms with Crippen LogP contribution in [0.5, 0.6) is 0 Å². The molecule has 0 bridgehead atoms. The van der Waals surface area contributed by atoms with E-state index in [0.717, 1.165) is 17.7 Å². The third-order valence-corrected chi connectivity index (χ3v) is 5.92. The first-order chi connectivity index (χ1) is 13.6. The van der Waals surface area contributed by atoms with Crippen molar-refractivity contribution in [1.82, 2.24) is 10.3 Å². The van der Waals surface area contributed by atoms with Crippen LogP contribution in [0.3, 0.4) is 0 Å². The molecule has 0 saturated heterocycles. The van der Waals surface area contributed by atoms with Crippen LogP contribution in [0.2, 0.25) is 5.02 Å². The zero-order valence-electron chi connectivity index (χ0n) is 15.0. The molecule has 1 amide bonds. The summed E-state index contributed by atoms with van der Waals surface area (Å²) in [6, 6.07) is 13.2. The van der Waals surface area contributed by atoms with Crippen molar-refractivity contribution in [2.45, 2.75) is 25.7 Å². The van der Waals surface area contributed by atoms with Gasteiger partial charge in [0.25, 0.3) is 5.91 Å². The molecule has 2 N–H and O–H groups in total. The van der Waals surface area contributed by atoms with Gasteiger partial charge in [-0.25, -0.2) is 4.98 Å². The van der Waals surface area contributed by atoms with Gasteiger partial charge in [0.1, 0.15) is 0 Å². The molecule has 3 aromatic rings. The van der Waals surface area contributed by atoms with E-state index in [1.165, 1.54) is 41.7 Å². The number of anilines is 1. The normalized spacial score (nSPS) is 12.9. The van der Waals surface area contributed by atoms with Crippen LogP contribution in [-0.4, -0.2) is 16.0 Å². The number of carbonyl (C=O) groups is 1. The van der Waals surface area contributed by atoms with Crippen molar-refractivity contribution in [2.75, 3.05) is 5.32 Å². The Labute approximate surface area is 178 Å². The summed E-state index contributed by atoms with van der Waals surface area (Å²) in [6.07, 6.45) is 4.83. The van der Waals surface area contributed by atoms with Gasteiger partial charge in [0, 0.05) is 21.5 Å². The predicted molar refractivity (Wildman–Crippen MR) is 119 cm³/mol. The van der Waals surface area contributed by atoms with Gasteiger partial charge in [-0.15, -0.1) is 11.3 Å². The number of rotatable bonds is 3. The van der Waals surface area contributed by atoms with Crippen LogP contribution in [0, 0.1) is 0 Å². The lowest BCUT2D eigenvalue weighted by atomic mass is 9.90. The highest BCUT2D eigenvalue weighted by Gasteiger charge is 2.13. The minimum Gasteiger partial charge on any atom is -0.308 e. The first-order valence-corrected chi connectivity index (χ1v) is 10.7. The largest absolute Gasteiger partial charge is 0.308 e. The van der Waals surface area contributed by atoms with Crippen molar-refractivity contribution in [3.05, 3.63) is 69.6 Å². The molecular formula is C21H18ClN3OS2. The Kier molecular flexibility index (Phi) is 5.71. The minimum atomic E-state index is -0.291. The fraction of sp³-hybridized carbons (Fsp3) is 0.190. The number of aromatic nitrogens is 1. The number of nitrogens with one attached hydrogen (secondary N) is 2. The van der Waals surface area contributed by atoms with Crippen LogP contribution in [0.15, 0.2) is 47.8 Å². The number of hydrogen-bond acceptors (Lipinski definition) is 4. The topological polar surface area (TPSA) is 54.0 Å². The smallest absolute Gasteiger partial charge is 0.257 e. The van der Waals surface area contributed by atoms with Gasteiger partial charge in [0.15, 0.2) is 10.2 Å². The van der Waals surface area contributed by atoms with Crippen molar-refractivity contribution in [3.8, 4) is 11.3 Å². The zero-order valence-corrected chi connectivity index (χ0v) is 17.4. The van der Waals surface area contributed by atoms with E-state index in [2.05, 4.69) is 33.8 Å². The predicted octanol–water partition coefficient (Wildman–Crippen LogP) is 5.47. The minimum absolute atomic E-state index is 0.214. The SMILES string of the molecule is O=C(NC(=S)Nc1nc(-c2ccc3c(c2)CCCC3)cs1)c1ccc(Cl)cc1. The van der Waals surface area contributed by atoms with E-state index in [9.17, 15) is 4.79 Å². The summed E-state index contributed by atoms with van der Waals surface area (Å²) in [4.78, 5) is 16.8. The summed E-state index contributed by atoms with van der Waals surface area (Å²) in [5.41, 5.74) is 5.39. The molecule has 2 aromatic carbocycles. The van der Waals surface area contributed by atoms with E-state index in [1.807, 2.05) is 5.38 Å². The summed E-state index contributed by atoms with van der Waals surface area (Å²) < 4.78 is 0. The van der Waals surface area contributed by atoms with Gasteiger partial charge < -0.3 is 5.32 Å². The molecule has 0 saturated carbocycles. The maximum atomic E-state index is 12.2. The first-order valence-electron chi connectivity index (χ1n) is 9.04. The summed E-state index contributed by atoms with van der Waals surface area (Å²) in [7, 11) is 0. The average Bonchev–Trinajstić information content (AvgIpc) is 3.16. The molecule has 7 heteroatoms. The molecule has 4 rings (SSSR count). The van der Waals surface area contributed by atoms with E-state index < -0.39 is 0 Å². The molecule has 0 atom stereocenters. The third-order valence-electron chi connectivity index (χ3n) is 4.70. The highest BCUT2D eigenvalue weighted by atomic mass is 35.5. The Morgan fingerprint density at radius 1 is 1.07 bits per heavy atom. The molecule has 4 nitrogen and oxygen atoms in total. The number of nitrogens with zero attached hydrogens (tertiary/aromatic N) is 1. The van der Waals surface area contributed by atoms with Gasteiger partial charge in [-0.05, 0) is 79.4 Å². The molecule has 1 aliphatic rings. The average molecular weight is 428 g/mol. The summed E-state index contributed by atoms with van der Waals surface area (Å²) >= 11 is 12.5. The number of hydrogen-bond donors (Lipinski definition) is 2. The number of thiazole rings is 1. The van der Waals surface area contributed by atoms with Gasteiger partial charge in [-0.2, -0.15) is 0 Å².